The Morgan fingerprint density at radius 3 is 1.75 bits per heavy atom. The van der Waals surface area contributed by atoms with Gasteiger partial charge in [0, 0.05) is 40.5 Å². The Morgan fingerprint density at radius 1 is 0.643 bits per heavy atom. The van der Waals surface area contributed by atoms with Crippen LogP contribution in [0.3, 0.4) is 0 Å². The molecule has 0 aliphatic heterocycles. The number of nitrogens with zero attached hydrogens (tertiary/aromatic N) is 2. The largest absolute Gasteiger partial charge is 0.201 e. The highest BCUT2D eigenvalue weighted by molar-refractivity contribution is 5.72. The lowest BCUT2D eigenvalue weighted by Crippen LogP contribution is -2.34. The molecule has 2 heterocycles. The molecule has 0 aliphatic rings. The Bertz CT molecular complexity index is 1050. The molecule has 0 radical (unpaired) electrons. The van der Waals surface area contributed by atoms with Crippen LogP contribution in [0.25, 0.3) is 17.2 Å². The molecule has 0 spiro atoms. The predicted molar refractivity (Wildman–Crippen MR) is 113 cm³/mol. The lowest BCUT2D eigenvalue weighted by atomic mass is 10.0. The summed E-state index contributed by atoms with van der Waals surface area (Å²) in [5, 5.41) is 0. The highest BCUT2D eigenvalue weighted by Crippen LogP contribution is 2.22. The molecule has 0 saturated carbocycles. The van der Waals surface area contributed by atoms with Crippen molar-refractivity contribution < 1.29 is 9.13 Å². The van der Waals surface area contributed by atoms with Gasteiger partial charge in [0.05, 0.1) is 0 Å². The van der Waals surface area contributed by atoms with Crippen molar-refractivity contribution in [3.05, 3.63) is 127 Å². The summed E-state index contributed by atoms with van der Waals surface area (Å²) in [6, 6.07) is 27.5. The summed E-state index contributed by atoms with van der Waals surface area (Å²) >= 11 is 0. The average molecular weight is 364 g/mol. The normalized spacial score (nSPS) is 10.6. The Morgan fingerprint density at radius 2 is 1.18 bits per heavy atom. The zero-order valence-corrected chi connectivity index (χ0v) is 15.9. The van der Waals surface area contributed by atoms with Gasteiger partial charge in [0.15, 0.2) is 37.9 Å². The maximum atomic E-state index is 4.02. The van der Waals surface area contributed by atoms with Crippen LogP contribution in [0, 0.1) is 0 Å². The monoisotopic (exact) mass is 364 g/mol. The minimum Gasteiger partial charge on any atom is -0.201 e. The van der Waals surface area contributed by atoms with E-state index >= 15 is 0 Å². The lowest BCUT2D eigenvalue weighted by molar-refractivity contribution is -0.688. The van der Waals surface area contributed by atoms with Gasteiger partial charge in [0.2, 0.25) is 0 Å². The summed E-state index contributed by atoms with van der Waals surface area (Å²) < 4.78 is 4.40. The molecule has 2 heteroatoms. The van der Waals surface area contributed by atoms with E-state index in [4.69, 9.17) is 0 Å². The van der Waals surface area contributed by atoms with Gasteiger partial charge in [-0.15, -0.1) is 0 Å². The fourth-order valence-corrected chi connectivity index (χ4v) is 3.41. The predicted octanol–water partition coefficient (Wildman–Crippen LogP) is 4.67. The van der Waals surface area contributed by atoms with Gasteiger partial charge in [-0.3, -0.25) is 0 Å². The zero-order valence-electron chi connectivity index (χ0n) is 15.9. The summed E-state index contributed by atoms with van der Waals surface area (Å²) in [4.78, 5) is 0. The standard InChI is InChI=1S/C26H24N2/c1-2-24-21-28(20-23-11-7-4-8-12-23)18-15-26(24)25-13-16-27(17-14-25)19-22-9-5-3-6-10-22/h2-18,21H,1,19-20H2/q+2. The van der Waals surface area contributed by atoms with E-state index in [9.17, 15) is 0 Å². The molecule has 0 N–H and O–H groups in total. The number of rotatable bonds is 6. The number of hydrogen-bond acceptors (Lipinski definition) is 0. The van der Waals surface area contributed by atoms with Gasteiger partial charge in [-0.1, -0.05) is 73.3 Å². The van der Waals surface area contributed by atoms with Crippen LogP contribution in [0.2, 0.25) is 0 Å². The third-order valence-electron chi connectivity index (χ3n) is 4.89. The second-order valence-corrected chi connectivity index (χ2v) is 6.92. The molecule has 0 amide bonds. The van der Waals surface area contributed by atoms with Crippen molar-refractivity contribution in [2.75, 3.05) is 0 Å². The maximum absolute atomic E-state index is 4.02. The van der Waals surface area contributed by atoms with Crippen LogP contribution in [0.1, 0.15) is 16.7 Å². The summed E-state index contributed by atoms with van der Waals surface area (Å²) in [7, 11) is 0. The van der Waals surface area contributed by atoms with Crippen molar-refractivity contribution in [3.63, 3.8) is 0 Å². The number of benzene rings is 2. The highest BCUT2D eigenvalue weighted by Gasteiger charge is 2.11. The van der Waals surface area contributed by atoms with Crippen LogP contribution < -0.4 is 9.13 Å². The van der Waals surface area contributed by atoms with Gasteiger partial charge < -0.3 is 0 Å². The van der Waals surface area contributed by atoms with E-state index in [2.05, 4.69) is 107 Å². The first-order chi connectivity index (χ1) is 13.8. The second kappa shape index (κ2) is 8.45. The molecular weight excluding hydrogens is 340 g/mol. The zero-order chi connectivity index (χ0) is 19.2. The first kappa shape index (κ1) is 17.9. The van der Waals surface area contributed by atoms with Gasteiger partial charge in [-0.05, 0) is 5.56 Å². The van der Waals surface area contributed by atoms with E-state index in [-0.39, 0.29) is 0 Å². The Balaban J connectivity index is 1.55. The molecule has 0 unspecified atom stereocenters. The molecule has 0 atom stereocenters. The Hall–Kier alpha value is -3.52. The summed E-state index contributed by atoms with van der Waals surface area (Å²) in [5.41, 5.74) is 6.13. The van der Waals surface area contributed by atoms with E-state index in [0.29, 0.717) is 0 Å². The highest BCUT2D eigenvalue weighted by atomic mass is 14.9. The molecule has 0 fully saturated rings. The van der Waals surface area contributed by atoms with Crippen molar-refractivity contribution in [2.45, 2.75) is 13.1 Å². The third kappa shape index (κ3) is 4.24. The molecule has 28 heavy (non-hydrogen) atoms. The first-order valence-electron chi connectivity index (χ1n) is 9.55. The van der Waals surface area contributed by atoms with E-state index in [1.54, 1.807) is 0 Å². The van der Waals surface area contributed by atoms with Crippen molar-refractivity contribution in [1.29, 1.82) is 0 Å². The lowest BCUT2D eigenvalue weighted by Gasteiger charge is -2.06. The van der Waals surface area contributed by atoms with Gasteiger partial charge in [-0.2, -0.15) is 0 Å². The summed E-state index contributed by atoms with van der Waals surface area (Å²) in [5.74, 6) is 0. The molecule has 4 rings (SSSR count). The van der Waals surface area contributed by atoms with Gasteiger partial charge in [0.25, 0.3) is 0 Å². The summed E-state index contributed by atoms with van der Waals surface area (Å²) in [6.07, 6.45) is 10.5. The topological polar surface area (TPSA) is 7.76 Å². The number of aromatic nitrogens is 2. The molecule has 136 valence electrons. The van der Waals surface area contributed by atoms with Crippen LogP contribution in [0.15, 0.2) is 110 Å². The minimum atomic E-state index is 0.855. The molecule has 0 aliphatic carbocycles. The van der Waals surface area contributed by atoms with Gasteiger partial charge in [-0.25, -0.2) is 9.13 Å². The maximum Gasteiger partial charge on any atom is 0.176 e. The van der Waals surface area contributed by atoms with Crippen LogP contribution in [0.4, 0.5) is 0 Å². The SMILES string of the molecule is C=Cc1c[n+](Cc2ccccc2)ccc1-c1cc[n+](Cc2ccccc2)cc1. The van der Waals surface area contributed by atoms with Crippen molar-refractivity contribution in [1.82, 2.24) is 0 Å². The Kier molecular flexibility index (Phi) is 5.39. The minimum absolute atomic E-state index is 0.855. The first-order valence-corrected chi connectivity index (χ1v) is 9.55. The quantitative estimate of drug-likeness (QED) is 0.439. The molecule has 2 nitrogen and oxygen atoms in total. The fourth-order valence-electron chi connectivity index (χ4n) is 3.41. The third-order valence-corrected chi connectivity index (χ3v) is 4.89. The van der Waals surface area contributed by atoms with Crippen LogP contribution in [-0.4, -0.2) is 0 Å². The van der Waals surface area contributed by atoms with E-state index < -0.39 is 0 Å². The van der Waals surface area contributed by atoms with Crippen LogP contribution in [0.5, 0.6) is 0 Å². The van der Waals surface area contributed by atoms with E-state index in [1.165, 1.54) is 22.3 Å². The van der Waals surface area contributed by atoms with Crippen molar-refractivity contribution in [3.8, 4) is 11.1 Å². The van der Waals surface area contributed by atoms with Crippen LogP contribution >= 0.6 is 0 Å². The molecule has 4 aromatic rings. The number of pyridine rings is 2. The van der Waals surface area contributed by atoms with Crippen LogP contribution in [-0.2, 0) is 13.1 Å². The second-order valence-electron chi connectivity index (χ2n) is 6.92. The summed E-state index contributed by atoms with van der Waals surface area (Å²) in [6.45, 7) is 5.75. The average Bonchev–Trinajstić information content (AvgIpc) is 2.76. The smallest absolute Gasteiger partial charge is 0.176 e. The molecule has 0 saturated heterocycles. The van der Waals surface area contributed by atoms with Crippen molar-refractivity contribution in [2.24, 2.45) is 0 Å². The molecule has 0 bridgehead atoms. The van der Waals surface area contributed by atoms with E-state index in [1.807, 2.05) is 18.2 Å². The molecule has 2 aromatic heterocycles. The Labute approximate surface area is 166 Å². The molecule has 2 aromatic carbocycles. The number of hydrogen-bond donors (Lipinski definition) is 0. The van der Waals surface area contributed by atoms with Gasteiger partial charge >= 0.3 is 0 Å². The van der Waals surface area contributed by atoms with Crippen molar-refractivity contribution >= 4 is 6.08 Å². The van der Waals surface area contributed by atoms with E-state index in [0.717, 1.165) is 18.7 Å². The fraction of sp³-hybridized carbons (Fsp3) is 0.0769. The van der Waals surface area contributed by atoms with Gasteiger partial charge in [0.1, 0.15) is 0 Å². The molecular formula is C26H24N2+2.